The molecular weight excluding hydrogens is 292 g/mol. The summed E-state index contributed by atoms with van der Waals surface area (Å²) in [5, 5.41) is 0. The van der Waals surface area contributed by atoms with E-state index in [1.807, 2.05) is 0 Å². The van der Waals surface area contributed by atoms with Crippen LogP contribution < -0.4 is 9.80 Å². The molecule has 2 saturated heterocycles. The van der Waals surface area contributed by atoms with Crippen molar-refractivity contribution < 1.29 is 9.47 Å². The van der Waals surface area contributed by atoms with Crippen molar-refractivity contribution in [1.82, 2.24) is 9.97 Å². The molecular formula is C17H28N4O2. The van der Waals surface area contributed by atoms with Crippen LogP contribution in [-0.2, 0) is 9.47 Å². The van der Waals surface area contributed by atoms with E-state index in [0.717, 1.165) is 43.7 Å². The van der Waals surface area contributed by atoms with Crippen molar-refractivity contribution in [2.45, 2.75) is 38.9 Å². The molecule has 2 fully saturated rings. The molecule has 0 bridgehead atoms. The number of nitrogens with zero attached hydrogens (tertiary/aromatic N) is 4. The molecule has 2 aliphatic heterocycles. The number of aromatic nitrogens is 2. The van der Waals surface area contributed by atoms with E-state index in [2.05, 4.69) is 39.7 Å². The van der Waals surface area contributed by atoms with Gasteiger partial charge in [0.25, 0.3) is 0 Å². The smallest absolute Gasteiger partial charge is 0.134 e. The summed E-state index contributed by atoms with van der Waals surface area (Å²) in [6.07, 6.45) is 4.52. The van der Waals surface area contributed by atoms with Crippen molar-refractivity contribution in [3.8, 4) is 0 Å². The number of hydrogen-bond acceptors (Lipinski definition) is 6. The molecule has 0 aliphatic carbocycles. The second-order valence-electron chi connectivity index (χ2n) is 6.86. The van der Waals surface area contributed by atoms with Crippen LogP contribution in [0.25, 0.3) is 0 Å². The number of rotatable bonds is 4. The number of ether oxygens (including phenoxy) is 2. The molecule has 6 heteroatoms. The molecule has 3 rings (SSSR count). The highest BCUT2D eigenvalue weighted by Crippen LogP contribution is 2.25. The first-order chi connectivity index (χ1) is 11.2. The molecule has 0 spiro atoms. The molecule has 0 radical (unpaired) electrons. The lowest BCUT2D eigenvalue weighted by Crippen LogP contribution is -2.48. The van der Waals surface area contributed by atoms with Crippen LogP contribution in [0.5, 0.6) is 0 Å². The zero-order valence-electron chi connectivity index (χ0n) is 14.4. The first-order valence-corrected chi connectivity index (χ1v) is 8.62. The van der Waals surface area contributed by atoms with Crippen molar-refractivity contribution in [3.05, 3.63) is 12.4 Å². The van der Waals surface area contributed by atoms with Gasteiger partial charge in [-0.2, -0.15) is 0 Å². The van der Waals surface area contributed by atoms with E-state index in [4.69, 9.17) is 9.47 Å². The molecule has 3 atom stereocenters. The maximum atomic E-state index is 5.92. The van der Waals surface area contributed by atoms with Gasteiger partial charge in [0.05, 0.1) is 18.8 Å². The molecule has 23 heavy (non-hydrogen) atoms. The molecule has 3 unspecified atom stereocenters. The summed E-state index contributed by atoms with van der Waals surface area (Å²) in [6, 6.07) is 2.12. The van der Waals surface area contributed by atoms with Crippen LogP contribution in [0.3, 0.4) is 0 Å². The number of anilines is 2. The third kappa shape index (κ3) is 4.12. The second kappa shape index (κ2) is 7.45. The summed E-state index contributed by atoms with van der Waals surface area (Å²) in [7, 11) is 1.72. The zero-order valence-corrected chi connectivity index (χ0v) is 14.4. The highest BCUT2D eigenvalue weighted by atomic mass is 16.5. The van der Waals surface area contributed by atoms with Crippen LogP contribution in [0.4, 0.5) is 11.6 Å². The monoisotopic (exact) mass is 320 g/mol. The third-order valence-corrected chi connectivity index (χ3v) is 4.62. The molecule has 1 aromatic heterocycles. The molecule has 1 aromatic rings. The van der Waals surface area contributed by atoms with Crippen LogP contribution in [0.1, 0.15) is 26.7 Å². The minimum absolute atomic E-state index is 0.0946. The van der Waals surface area contributed by atoms with Crippen molar-refractivity contribution in [2.24, 2.45) is 5.92 Å². The van der Waals surface area contributed by atoms with Gasteiger partial charge in [0.1, 0.15) is 18.0 Å². The van der Waals surface area contributed by atoms with Crippen LogP contribution >= 0.6 is 0 Å². The summed E-state index contributed by atoms with van der Waals surface area (Å²) < 4.78 is 11.2. The summed E-state index contributed by atoms with van der Waals surface area (Å²) in [6.45, 7) is 8.87. The van der Waals surface area contributed by atoms with E-state index >= 15 is 0 Å². The SMILES string of the molecule is COCC1CN(c2cc(N3CCCC(C)C3)ncn2)CC(C)O1. The van der Waals surface area contributed by atoms with Gasteiger partial charge in [-0.1, -0.05) is 6.92 Å². The van der Waals surface area contributed by atoms with Gasteiger partial charge in [0.2, 0.25) is 0 Å². The van der Waals surface area contributed by atoms with Gasteiger partial charge in [-0.25, -0.2) is 9.97 Å². The lowest BCUT2D eigenvalue weighted by molar-refractivity contribution is -0.0512. The number of morpholine rings is 1. The maximum absolute atomic E-state index is 5.92. The van der Waals surface area contributed by atoms with Gasteiger partial charge < -0.3 is 19.3 Å². The lowest BCUT2D eigenvalue weighted by atomic mass is 10.0. The fraction of sp³-hybridized carbons (Fsp3) is 0.765. The van der Waals surface area contributed by atoms with E-state index in [1.54, 1.807) is 13.4 Å². The first-order valence-electron chi connectivity index (χ1n) is 8.62. The van der Waals surface area contributed by atoms with E-state index < -0.39 is 0 Å². The molecule has 6 nitrogen and oxygen atoms in total. The van der Waals surface area contributed by atoms with E-state index in [9.17, 15) is 0 Å². The second-order valence-corrected chi connectivity index (χ2v) is 6.86. The van der Waals surface area contributed by atoms with E-state index in [0.29, 0.717) is 6.61 Å². The zero-order chi connectivity index (χ0) is 16.2. The topological polar surface area (TPSA) is 50.7 Å². The van der Waals surface area contributed by atoms with E-state index in [-0.39, 0.29) is 12.2 Å². The Labute approximate surface area is 138 Å². The quantitative estimate of drug-likeness (QED) is 0.845. The molecule has 0 amide bonds. The number of hydrogen-bond donors (Lipinski definition) is 0. The van der Waals surface area contributed by atoms with Gasteiger partial charge in [-0.15, -0.1) is 0 Å². The Balaban J connectivity index is 1.73. The summed E-state index contributed by atoms with van der Waals surface area (Å²) >= 11 is 0. The predicted octanol–water partition coefficient (Wildman–Crippen LogP) is 1.95. The summed E-state index contributed by atoms with van der Waals surface area (Å²) in [4.78, 5) is 13.7. The van der Waals surface area contributed by atoms with Gasteiger partial charge in [-0.3, -0.25) is 0 Å². The normalized spacial score (nSPS) is 28.9. The molecule has 0 aromatic carbocycles. The Morgan fingerprint density at radius 1 is 1.17 bits per heavy atom. The predicted molar refractivity (Wildman–Crippen MR) is 91.1 cm³/mol. The maximum Gasteiger partial charge on any atom is 0.134 e. The van der Waals surface area contributed by atoms with Crippen molar-refractivity contribution >= 4 is 11.6 Å². The van der Waals surface area contributed by atoms with Gasteiger partial charge in [-0.05, 0) is 25.7 Å². The largest absolute Gasteiger partial charge is 0.382 e. The van der Waals surface area contributed by atoms with Gasteiger partial charge >= 0.3 is 0 Å². The average molecular weight is 320 g/mol. The fourth-order valence-corrected chi connectivity index (χ4v) is 3.59. The minimum Gasteiger partial charge on any atom is -0.382 e. The van der Waals surface area contributed by atoms with Crippen LogP contribution in [0, 0.1) is 5.92 Å². The molecule has 128 valence electrons. The Morgan fingerprint density at radius 3 is 2.70 bits per heavy atom. The van der Waals surface area contributed by atoms with Gasteiger partial charge in [0, 0.05) is 39.4 Å². The Bertz CT molecular complexity index is 513. The van der Waals surface area contributed by atoms with Gasteiger partial charge in [0.15, 0.2) is 0 Å². The minimum atomic E-state index is 0.0946. The van der Waals surface area contributed by atoms with Crippen molar-refractivity contribution in [3.63, 3.8) is 0 Å². The Morgan fingerprint density at radius 2 is 1.96 bits per heavy atom. The summed E-state index contributed by atoms with van der Waals surface area (Å²) in [5.41, 5.74) is 0. The van der Waals surface area contributed by atoms with Crippen LogP contribution in [0.2, 0.25) is 0 Å². The van der Waals surface area contributed by atoms with Crippen LogP contribution in [-0.4, -0.2) is 62.1 Å². The average Bonchev–Trinajstić information content (AvgIpc) is 2.55. The van der Waals surface area contributed by atoms with E-state index in [1.165, 1.54) is 12.8 Å². The third-order valence-electron chi connectivity index (χ3n) is 4.62. The van der Waals surface area contributed by atoms with Crippen molar-refractivity contribution in [2.75, 3.05) is 49.7 Å². The first kappa shape index (κ1) is 16.5. The fourth-order valence-electron chi connectivity index (χ4n) is 3.59. The molecule has 0 N–H and O–H groups in total. The number of methoxy groups -OCH3 is 1. The highest BCUT2D eigenvalue weighted by molar-refractivity contribution is 5.50. The molecule has 3 heterocycles. The number of piperidine rings is 1. The summed E-state index contributed by atoms with van der Waals surface area (Å²) in [5.74, 6) is 2.77. The lowest BCUT2D eigenvalue weighted by Gasteiger charge is -2.38. The van der Waals surface area contributed by atoms with Crippen LogP contribution in [0.15, 0.2) is 12.4 Å². The molecule has 2 aliphatic rings. The Hall–Kier alpha value is -1.40. The van der Waals surface area contributed by atoms with Crippen molar-refractivity contribution in [1.29, 1.82) is 0 Å². The standard InChI is InChI=1S/C17H28N4O2/c1-13-5-4-6-20(8-13)16-7-17(19-12-18-16)21-9-14(2)23-15(10-21)11-22-3/h7,12-15H,4-6,8-11H2,1-3H3. The highest BCUT2D eigenvalue weighted by Gasteiger charge is 2.27. The molecule has 0 saturated carbocycles. The Kier molecular flexibility index (Phi) is 5.33.